The van der Waals surface area contributed by atoms with Crippen LogP contribution >= 0.6 is 0 Å². The molecule has 4 heterocycles. The van der Waals surface area contributed by atoms with Crippen LogP contribution < -0.4 is 10.6 Å². The summed E-state index contributed by atoms with van der Waals surface area (Å²) in [5, 5.41) is 6.25. The molecule has 6 atom stereocenters. The lowest BCUT2D eigenvalue weighted by Crippen LogP contribution is -2.57. The minimum absolute atomic E-state index is 0.104. The Bertz CT molecular complexity index is 1120. The van der Waals surface area contributed by atoms with E-state index in [0.29, 0.717) is 18.8 Å². The van der Waals surface area contributed by atoms with Gasteiger partial charge in [-0.1, -0.05) is 37.5 Å². The number of ether oxygens (including phenoxy) is 2. The number of carbonyl (C=O) groups is 3. The van der Waals surface area contributed by atoms with Gasteiger partial charge in [0.2, 0.25) is 17.7 Å². The van der Waals surface area contributed by atoms with Crippen molar-refractivity contribution in [2.45, 2.75) is 88.7 Å². The predicted molar refractivity (Wildman–Crippen MR) is 138 cm³/mol. The first-order valence-corrected chi connectivity index (χ1v) is 13.8. The van der Waals surface area contributed by atoms with Gasteiger partial charge in [-0.2, -0.15) is 0 Å². The number of rotatable bonds is 6. The first-order valence-electron chi connectivity index (χ1n) is 13.8. The fourth-order valence-corrected chi connectivity index (χ4v) is 7.04. The summed E-state index contributed by atoms with van der Waals surface area (Å²) in [5.41, 5.74) is 1.79. The van der Waals surface area contributed by atoms with E-state index in [2.05, 4.69) is 10.6 Å². The highest BCUT2D eigenvalue weighted by molar-refractivity contribution is 6.02. The van der Waals surface area contributed by atoms with Gasteiger partial charge < -0.3 is 25.0 Å². The first-order chi connectivity index (χ1) is 17.9. The lowest BCUT2D eigenvalue weighted by Gasteiger charge is -2.34. The zero-order valence-electron chi connectivity index (χ0n) is 21.7. The van der Waals surface area contributed by atoms with Crippen LogP contribution in [0.5, 0.6) is 0 Å². The second-order valence-electron chi connectivity index (χ2n) is 11.5. The van der Waals surface area contributed by atoms with E-state index in [4.69, 9.17) is 9.47 Å². The molecule has 6 rings (SSSR count). The van der Waals surface area contributed by atoms with Gasteiger partial charge in [0.05, 0.1) is 24.0 Å². The molecule has 8 nitrogen and oxygen atoms in total. The molecule has 37 heavy (non-hydrogen) atoms. The number of nitrogens with one attached hydrogen (secondary N) is 2. The average Bonchev–Trinajstić information content (AvgIpc) is 3.65. The number of carbonyl (C=O) groups excluding carboxylic acids is 3. The monoisotopic (exact) mass is 507 g/mol. The SMILES string of the molecule is Cc1ccc(NC(=O)C2C3C=CC4(O3)C2C(=O)N(CC2CCCO2)C4C(=O)NC2CCCCC2)cc1C. The minimum Gasteiger partial charge on any atom is -0.376 e. The van der Waals surface area contributed by atoms with Crippen LogP contribution in [-0.2, 0) is 23.9 Å². The van der Waals surface area contributed by atoms with Crippen molar-refractivity contribution in [3.05, 3.63) is 41.5 Å². The Morgan fingerprint density at radius 2 is 1.86 bits per heavy atom. The van der Waals surface area contributed by atoms with E-state index in [9.17, 15) is 14.4 Å². The number of amides is 3. The maximum Gasteiger partial charge on any atom is 0.246 e. The topological polar surface area (TPSA) is 97.0 Å². The molecular formula is C29H37N3O5. The maximum atomic E-state index is 14.0. The van der Waals surface area contributed by atoms with Gasteiger partial charge in [-0.3, -0.25) is 14.4 Å². The van der Waals surface area contributed by atoms with Crippen molar-refractivity contribution in [1.29, 1.82) is 0 Å². The van der Waals surface area contributed by atoms with Crippen LogP contribution in [0.25, 0.3) is 0 Å². The number of hydrogen-bond donors (Lipinski definition) is 2. The van der Waals surface area contributed by atoms with Gasteiger partial charge in [-0.15, -0.1) is 0 Å². The van der Waals surface area contributed by atoms with Crippen molar-refractivity contribution < 1.29 is 23.9 Å². The number of anilines is 1. The van der Waals surface area contributed by atoms with Crippen LogP contribution in [0.15, 0.2) is 30.4 Å². The zero-order chi connectivity index (χ0) is 25.7. The molecule has 0 radical (unpaired) electrons. The van der Waals surface area contributed by atoms with Gasteiger partial charge in [0.25, 0.3) is 0 Å². The third-order valence-electron chi connectivity index (χ3n) is 9.08. The Morgan fingerprint density at radius 3 is 2.59 bits per heavy atom. The number of hydrogen-bond acceptors (Lipinski definition) is 5. The summed E-state index contributed by atoms with van der Waals surface area (Å²) in [4.78, 5) is 43.1. The molecule has 1 spiro atoms. The predicted octanol–water partition coefficient (Wildman–Crippen LogP) is 3.02. The fraction of sp³-hybridized carbons (Fsp3) is 0.621. The van der Waals surface area contributed by atoms with Crippen LogP contribution in [0, 0.1) is 25.7 Å². The summed E-state index contributed by atoms with van der Waals surface area (Å²) in [5.74, 6) is -2.05. The Kier molecular flexibility index (Phi) is 6.35. The molecule has 3 saturated heterocycles. The van der Waals surface area contributed by atoms with E-state index >= 15 is 0 Å². The van der Waals surface area contributed by atoms with Crippen molar-refractivity contribution in [3.63, 3.8) is 0 Å². The number of likely N-dealkylation sites (tertiary alicyclic amines) is 1. The zero-order valence-corrected chi connectivity index (χ0v) is 21.7. The molecule has 8 heteroatoms. The Morgan fingerprint density at radius 1 is 1.05 bits per heavy atom. The first kappa shape index (κ1) is 24.6. The molecule has 0 aromatic heterocycles. The van der Waals surface area contributed by atoms with E-state index < -0.39 is 29.6 Å². The molecular weight excluding hydrogens is 470 g/mol. The second-order valence-corrected chi connectivity index (χ2v) is 11.5. The molecule has 1 saturated carbocycles. The lowest BCUT2D eigenvalue weighted by atomic mass is 9.74. The standard InChI is InChI=1S/C29H37N3O5/c1-17-10-11-20(15-18(17)2)31-26(33)23-22-12-13-29(37-22)24(23)28(35)32(16-21-9-6-14-36-21)25(29)27(34)30-19-7-4-3-5-8-19/h10-13,15,19,21-25H,3-9,14,16H2,1-2H3,(H,30,34)(H,31,33). The van der Waals surface area contributed by atoms with Crippen molar-refractivity contribution >= 4 is 23.4 Å². The highest BCUT2D eigenvalue weighted by Crippen LogP contribution is 2.55. The van der Waals surface area contributed by atoms with Crippen LogP contribution in [0.3, 0.4) is 0 Å². The smallest absolute Gasteiger partial charge is 0.246 e. The molecule has 2 N–H and O–H groups in total. The van der Waals surface area contributed by atoms with Gasteiger partial charge in [-0.25, -0.2) is 0 Å². The van der Waals surface area contributed by atoms with E-state index in [0.717, 1.165) is 49.7 Å². The Balaban J connectivity index is 1.29. The highest BCUT2D eigenvalue weighted by atomic mass is 16.5. The normalized spacial score (nSPS) is 34.7. The summed E-state index contributed by atoms with van der Waals surface area (Å²) < 4.78 is 12.3. The molecule has 4 fully saturated rings. The summed E-state index contributed by atoms with van der Waals surface area (Å²) in [6.07, 6.45) is 10.2. The van der Waals surface area contributed by atoms with Gasteiger partial charge in [0.15, 0.2) is 0 Å². The van der Waals surface area contributed by atoms with Crippen molar-refractivity contribution in [3.8, 4) is 0 Å². The van der Waals surface area contributed by atoms with Gasteiger partial charge in [0, 0.05) is 24.9 Å². The molecule has 2 bridgehead atoms. The van der Waals surface area contributed by atoms with Crippen LogP contribution in [0.2, 0.25) is 0 Å². The molecule has 1 aliphatic carbocycles. The van der Waals surface area contributed by atoms with Crippen LogP contribution in [0.4, 0.5) is 5.69 Å². The number of aryl methyl sites for hydroxylation is 2. The number of benzene rings is 1. The molecule has 198 valence electrons. The quantitative estimate of drug-likeness (QED) is 0.577. The van der Waals surface area contributed by atoms with E-state index in [1.165, 1.54) is 6.42 Å². The highest BCUT2D eigenvalue weighted by Gasteiger charge is 2.73. The number of nitrogens with zero attached hydrogens (tertiary/aromatic N) is 1. The van der Waals surface area contributed by atoms with E-state index in [1.807, 2.05) is 44.2 Å². The Labute approximate surface area is 218 Å². The third kappa shape index (κ3) is 4.18. The minimum atomic E-state index is -1.13. The van der Waals surface area contributed by atoms with Crippen molar-refractivity contribution in [2.24, 2.45) is 11.8 Å². The Hall–Kier alpha value is -2.71. The molecule has 5 aliphatic rings. The average molecular weight is 508 g/mol. The van der Waals surface area contributed by atoms with Gasteiger partial charge >= 0.3 is 0 Å². The largest absolute Gasteiger partial charge is 0.376 e. The van der Waals surface area contributed by atoms with Gasteiger partial charge in [-0.05, 0) is 62.8 Å². The van der Waals surface area contributed by atoms with Crippen molar-refractivity contribution in [1.82, 2.24) is 10.2 Å². The maximum absolute atomic E-state index is 14.0. The van der Waals surface area contributed by atoms with Gasteiger partial charge in [0.1, 0.15) is 11.6 Å². The summed E-state index contributed by atoms with van der Waals surface area (Å²) in [6.45, 7) is 5.03. The van der Waals surface area contributed by atoms with Crippen LogP contribution in [0.1, 0.15) is 56.1 Å². The van der Waals surface area contributed by atoms with E-state index in [-0.39, 0.29) is 29.9 Å². The molecule has 3 amide bonds. The number of fused-ring (bicyclic) bond motifs is 1. The lowest BCUT2D eigenvalue weighted by molar-refractivity contribution is -0.143. The molecule has 1 aromatic carbocycles. The summed E-state index contributed by atoms with van der Waals surface area (Å²) in [7, 11) is 0. The second kappa shape index (κ2) is 9.55. The summed E-state index contributed by atoms with van der Waals surface area (Å²) >= 11 is 0. The third-order valence-corrected chi connectivity index (χ3v) is 9.08. The van der Waals surface area contributed by atoms with Crippen molar-refractivity contribution in [2.75, 3.05) is 18.5 Å². The molecule has 6 unspecified atom stereocenters. The van der Waals surface area contributed by atoms with E-state index in [1.54, 1.807) is 4.90 Å². The molecule has 1 aromatic rings. The summed E-state index contributed by atoms with van der Waals surface area (Å²) in [6, 6.07) is 5.09. The molecule has 4 aliphatic heterocycles. The fourth-order valence-electron chi connectivity index (χ4n) is 7.04. The van der Waals surface area contributed by atoms with Crippen LogP contribution in [-0.4, -0.2) is 65.7 Å².